The zero-order chi connectivity index (χ0) is 16.4. The van der Waals surface area contributed by atoms with Crippen molar-refractivity contribution >= 4 is 10.8 Å². The predicted octanol–water partition coefficient (Wildman–Crippen LogP) is 4.15. The Labute approximate surface area is 134 Å². The highest BCUT2D eigenvalue weighted by molar-refractivity contribution is 5.97. The van der Waals surface area contributed by atoms with Crippen molar-refractivity contribution in [2.75, 3.05) is 7.11 Å². The maximum Gasteiger partial charge on any atom is 0.167 e. The van der Waals surface area contributed by atoms with E-state index in [1.54, 1.807) is 25.1 Å². The van der Waals surface area contributed by atoms with Gasteiger partial charge in [0.2, 0.25) is 0 Å². The van der Waals surface area contributed by atoms with Crippen molar-refractivity contribution in [3.8, 4) is 23.0 Å². The Morgan fingerprint density at radius 1 is 0.913 bits per heavy atom. The molecule has 0 unspecified atom stereocenters. The minimum absolute atomic E-state index is 0.00274. The third kappa shape index (κ3) is 2.75. The Bertz CT molecular complexity index is 841. The van der Waals surface area contributed by atoms with E-state index in [1.807, 2.05) is 30.3 Å². The highest BCUT2D eigenvalue weighted by Gasteiger charge is 2.17. The molecule has 3 aromatic rings. The summed E-state index contributed by atoms with van der Waals surface area (Å²) in [7, 11) is 1.46. The molecule has 3 rings (SSSR count). The first-order chi connectivity index (χ1) is 11.1. The number of ether oxygens (including phenoxy) is 2. The number of phenolic OH excluding ortho intramolecular Hbond substituents is 2. The summed E-state index contributed by atoms with van der Waals surface area (Å²) in [4.78, 5) is 0. The topological polar surface area (TPSA) is 58.9 Å². The molecule has 0 heterocycles. The smallest absolute Gasteiger partial charge is 0.167 e. The fourth-order valence-corrected chi connectivity index (χ4v) is 2.62. The lowest BCUT2D eigenvalue weighted by Crippen LogP contribution is -1.95. The molecule has 0 aliphatic rings. The molecule has 23 heavy (non-hydrogen) atoms. The number of phenols is 2. The number of hydrogen-bond donors (Lipinski definition) is 2. The summed E-state index contributed by atoms with van der Waals surface area (Å²) in [6.07, 6.45) is 0. The van der Waals surface area contributed by atoms with Gasteiger partial charge in [-0.3, -0.25) is 0 Å². The summed E-state index contributed by atoms with van der Waals surface area (Å²) in [5, 5.41) is 21.7. The van der Waals surface area contributed by atoms with Gasteiger partial charge in [-0.05, 0) is 30.7 Å². The van der Waals surface area contributed by atoms with E-state index in [4.69, 9.17) is 9.47 Å². The van der Waals surface area contributed by atoms with Crippen LogP contribution < -0.4 is 9.47 Å². The molecule has 118 valence electrons. The Morgan fingerprint density at radius 3 is 2.35 bits per heavy atom. The molecule has 0 saturated carbocycles. The zero-order valence-electron chi connectivity index (χ0n) is 13.0. The molecule has 0 aliphatic heterocycles. The average molecular weight is 310 g/mol. The van der Waals surface area contributed by atoms with Crippen molar-refractivity contribution < 1.29 is 19.7 Å². The third-order valence-electron chi connectivity index (χ3n) is 3.86. The molecule has 0 radical (unpaired) electrons. The molecule has 0 amide bonds. The minimum atomic E-state index is 0.00274. The summed E-state index contributed by atoms with van der Waals surface area (Å²) in [6.45, 7) is 2.13. The first-order valence-corrected chi connectivity index (χ1v) is 7.30. The second kappa shape index (κ2) is 6.08. The van der Waals surface area contributed by atoms with Crippen LogP contribution in [-0.4, -0.2) is 17.3 Å². The van der Waals surface area contributed by atoms with Gasteiger partial charge in [0, 0.05) is 16.3 Å². The molecule has 3 aromatic carbocycles. The Hall–Kier alpha value is -2.88. The van der Waals surface area contributed by atoms with Crippen molar-refractivity contribution in [3.05, 3.63) is 59.7 Å². The van der Waals surface area contributed by atoms with Crippen LogP contribution in [0, 0.1) is 6.92 Å². The molecule has 0 bridgehead atoms. The summed E-state index contributed by atoms with van der Waals surface area (Å²) in [5.74, 6) is 0.990. The molecule has 0 aromatic heterocycles. The van der Waals surface area contributed by atoms with E-state index in [0.29, 0.717) is 28.7 Å². The fraction of sp³-hybridized carbons (Fsp3) is 0.158. The number of aromatic hydroxyl groups is 2. The maximum absolute atomic E-state index is 10.4. The van der Waals surface area contributed by atoms with Crippen molar-refractivity contribution in [1.82, 2.24) is 0 Å². The number of hydrogen-bond acceptors (Lipinski definition) is 4. The van der Waals surface area contributed by atoms with Crippen LogP contribution in [0.25, 0.3) is 10.8 Å². The van der Waals surface area contributed by atoms with Gasteiger partial charge in [-0.2, -0.15) is 0 Å². The van der Waals surface area contributed by atoms with Crippen molar-refractivity contribution in [1.29, 1.82) is 0 Å². The third-order valence-corrected chi connectivity index (χ3v) is 3.86. The lowest BCUT2D eigenvalue weighted by molar-refractivity contribution is 0.306. The normalized spacial score (nSPS) is 10.7. The lowest BCUT2D eigenvalue weighted by Gasteiger charge is -2.14. The molecule has 0 aliphatic carbocycles. The van der Waals surface area contributed by atoms with E-state index < -0.39 is 0 Å². The average Bonchev–Trinajstić information content (AvgIpc) is 2.59. The van der Waals surface area contributed by atoms with Crippen molar-refractivity contribution in [2.45, 2.75) is 13.5 Å². The molecule has 4 nitrogen and oxygen atoms in total. The fourth-order valence-electron chi connectivity index (χ4n) is 2.62. The van der Waals surface area contributed by atoms with Crippen LogP contribution in [0.4, 0.5) is 0 Å². The SMILES string of the molecule is COc1c(C)c(O)c2ccc(OCc3ccccc3)cc2c1O. The van der Waals surface area contributed by atoms with Crippen LogP contribution >= 0.6 is 0 Å². The van der Waals surface area contributed by atoms with Crippen molar-refractivity contribution in [3.63, 3.8) is 0 Å². The van der Waals surface area contributed by atoms with E-state index >= 15 is 0 Å². The molecule has 0 fully saturated rings. The van der Waals surface area contributed by atoms with E-state index in [2.05, 4.69) is 0 Å². The van der Waals surface area contributed by atoms with Crippen LogP contribution in [0.5, 0.6) is 23.0 Å². The van der Waals surface area contributed by atoms with E-state index in [1.165, 1.54) is 7.11 Å². The largest absolute Gasteiger partial charge is 0.507 e. The van der Waals surface area contributed by atoms with Gasteiger partial charge < -0.3 is 19.7 Å². The van der Waals surface area contributed by atoms with E-state index in [0.717, 1.165) is 5.56 Å². The minimum Gasteiger partial charge on any atom is -0.507 e. The Balaban J connectivity index is 1.98. The highest BCUT2D eigenvalue weighted by Crippen LogP contribution is 2.45. The van der Waals surface area contributed by atoms with Gasteiger partial charge in [0.25, 0.3) is 0 Å². The monoisotopic (exact) mass is 310 g/mol. The first-order valence-electron chi connectivity index (χ1n) is 7.30. The van der Waals surface area contributed by atoms with Crippen LogP contribution in [0.1, 0.15) is 11.1 Å². The molecule has 4 heteroatoms. The number of fused-ring (bicyclic) bond motifs is 1. The molecule has 0 spiro atoms. The number of benzene rings is 3. The van der Waals surface area contributed by atoms with E-state index in [-0.39, 0.29) is 17.2 Å². The molecular weight excluding hydrogens is 292 g/mol. The summed E-state index contributed by atoms with van der Waals surface area (Å²) >= 11 is 0. The van der Waals surface area contributed by atoms with Gasteiger partial charge in [-0.25, -0.2) is 0 Å². The molecule has 2 N–H and O–H groups in total. The maximum atomic E-state index is 10.4. The summed E-state index contributed by atoms with van der Waals surface area (Å²) in [6, 6.07) is 15.0. The van der Waals surface area contributed by atoms with Gasteiger partial charge in [0.15, 0.2) is 11.5 Å². The molecule has 0 atom stereocenters. The first kappa shape index (κ1) is 15.0. The Morgan fingerprint density at radius 2 is 1.65 bits per heavy atom. The van der Waals surface area contributed by atoms with Crippen LogP contribution in [0.15, 0.2) is 48.5 Å². The predicted molar refractivity (Wildman–Crippen MR) is 89.3 cm³/mol. The zero-order valence-corrected chi connectivity index (χ0v) is 13.0. The van der Waals surface area contributed by atoms with Gasteiger partial charge in [0.1, 0.15) is 18.1 Å². The summed E-state index contributed by atoms with van der Waals surface area (Å²) < 4.78 is 10.9. The van der Waals surface area contributed by atoms with Crippen LogP contribution in [0.2, 0.25) is 0 Å². The quantitative estimate of drug-likeness (QED) is 0.711. The van der Waals surface area contributed by atoms with Crippen LogP contribution in [-0.2, 0) is 6.61 Å². The highest BCUT2D eigenvalue weighted by atomic mass is 16.5. The lowest BCUT2D eigenvalue weighted by atomic mass is 10.0. The van der Waals surface area contributed by atoms with Gasteiger partial charge >= 0.3 is 0 Å². The second-order valence-electron chi connectivity index (χ2n) is 5.34. The molecular formula is C19H18O4. The van der Waals surface area contributed by atoms with Crippen LogP contribution in [0.3, 0.4) is 0 Å². The van der Waals surface area contributed by atoms with Gasteiger partial charge in [0.05, 0.1) is 7.11 Å². The Kier molecular flexibility index (Phi) is 3.98. The molecule has 0 saturated heterocycles. The van der Waals surface area contributed by atoms with Crippen molar-refractivity contribution in [2.24, 2.45) is 0 Å². The number of rotatable bonds is 4. The summed E-state index contributed by atoms with van der Waals surface area (Å²) in [5.41, 5.74) is 1.57. The van der Waals surface area contributed by atoms with E-state index in [9.17, 15) is 10.2 Å². The standard InChI is InChI=1S/C19H18O4/c1-12-17(20)15-9-8-14(10-16(15)18(21)19(12)22-2)23-11-13-6-4-3-5-7-13/h3-10,20-21H,11H2,1-2H3. The number of methoxy groups -OCH3 is 1. The van der Waals surface area contributed by atoms with Gasteiger partial charge in [-0.15, -0.1) is 0 Å². The second-order valence-corrected chi connectivity index (χ2v) is 5.34. The van der Waals surface area contributed by atoms with Gasteiger partial charge in [-0.1, -0.05) is 30.3 Å².